The van der Waals surface area contributed by atoms with E-state index in [1.165, 1.54) is 12.0 Å². The van der Waals surface area contributed by atoms with Crippen LogP contribution in [-0.2, 0) is 22.9 Å². The molecule has 2 aromatic carbocycles. The predicted molar refractivity (Wildman–Crippen MR) is 88.0 cm³/mol. The van der Waals surface area contributed by atoms with Gasteiger partial charge in [0.15, 0.2) is 0 Å². The van der Waals surface area contributed by atoms with Gasteiger partial charge >= 0.3 is 0 Å². The molecule has 1 N–H and O–H groups in total. The SMILES string of the molecule is O=S(=O)(Nc1cccc2c1CCCC2)c1cccc(Br)c1. The van der Waals surface area contributed by atoms with E-state index in [0.717, 1.165) is 29.3 Å². The Bertz CT molecular complexity index is 772. The largest absolute Gasteiger partial charge is 0.279 e. The number of benzene rings is 2. The van der Waals surface area contributed by atoms with E-state index in [1.807, 2.05) is 18.2 Å². The molecule has 0 saturated carbocycles. The van der Waals surface area contributed by atoms with Crippen molar-refractivity contribution in [1.29, 1.82) is 0 Å². The molecule has 0 radical (unpaired) electrons. The van der Waals surface area contributed by atoms with Crippen molar-refractivity contribution in [3.05, 3.63) is 58.1 Å². The van der Waals surface area contributed by atoms with Crippen molar-refractivity contribution >= 4 is 31.6 Å². The molecule has 0 heterocycles. The maximum atomic E-state index is 12.5. The van der Waals surface area contributed by atoms with E-state index in [2.05, 4.69) is 26.7 Å². The first kappa shape index (κ1) is 14.6. The number of aryl methyl sites for hydroxylation is 1. The molecule has 0 spiro atoms. The molecule has 1 aliphatic carbocycles. The van der Waals surface area contributed by atoms with Gasteiger partial charge in [-0.3, -0.25) is 4.72 Å². The molecule has 0 amide bonds. The summed E-state index contributed by atoms with van der Waals surface area (Å²) in [6, 6.07) is 12.6. The fourth-order valence-corrected chi connectivity index (χ4v) is 4.40. The van der Waals surface area contributed by atoms with Crippen LogP contribution in [-0.4, -0.2) is 8.42 Å². The summed E-state index contributed by atoms with van der Waals surface area (Å²) in [7, 11) is -3.55. The highest BCUT2D eigenvalue weighted by Crippen LogP contribution is 2.29. The molecule has 110 valence electrons. The molecule has 3 nitrogen and oxygen atoms in total. The monoisotopic (exact) mass is 365 g/mol. The highest BCUT2D eigenvalue weighted by molar-refractivity contribution is 9.10. The molecule has 0 saturated heterocycles. The van der Waals surface area contributed by atoms with Crippen molar-refractivity contribution in [2.24, 2.45) is 0 Å². The van der Waals surface area contributed by atoms with Gasteiger partial charge < -0.3 is 0 Å². The van der Waals surface area contributed by atoms with Gasteiger partial charge in [-0.15, -0.1) is 0 Å². The summed E-state index contributed by atoms with van der Waals surface area (Å²) in [6.07, 6.45) is 4.26. The Hall–Kier alpha value is -1.33. The Morgan fingerprint density at radius 3 is 2.57 bits per heavy atom. The number of halogens is 1. The van der Waals surface area contributed by atoms with Crippen LogP contribution in [0.4, 0.5) is 5.69 Å². The Kier molecular flexibility index (Phi) is 4.04. The van der Waals surface area contributed by atoms with E-state index < -0.39 is 10.0 Å². The molecule has 2 aromatic rings. The molecule has 3 rings (SSSR count). The molecule has 0 unspecified atom stereocenters. The quantitative estimate of drug-likeness (QED) is 0.888. The van der Waals surface area contributed by atoms with Gasteiger partial charge in [0.1, 0.15) is 0 Å². The zero-order chi connectivity index (χ0) is 14.9. The summed E-state index contributed by atoms with van der Waals surface area (Å²) in [5.74, 6) is 0. The van der Waals surface area contributed by atoms with E-state index in [0.29, 0.717) is 5.69 Å². The molecule has 21 heavy (non-hydrogen) atoms. The minimum atomic E-state index is -3.55. The van der Waals surface area contributed by atoms with Crippen molar-refractivity contribution in [2.75, 3.05) is 4.72 Å². The average Bonchev–Trinajstić information content (AvgIpc) is 2.47. The number of anilines is 1. The van der Waals surface area contributed by atoms with Gasteiger partial charge in [0.25, 0.3) is 10.0 Å². The number of rotatable bonds is 3. The first-order valence-electron chi connectivity index (χ1n) is 6.95. The standard InChI is InChI=1S/C16H16BrNO2S/c17-13-7-4-8-14(11-13)21(19,20)18-16-10-3-6-12-5-1-2-9-15(12)16/h3-4,6-8,10-11,18H,1-2,5,9H2. The van der Waals surface area contributed by atoms with Crippen molar-refractivity contribution in [3.8, 4) is 0 Å². The second-order valence-corrected chi connectivity index (χ2v) is 7.81. The number of hydrogen-bond acceptors (Lipinski definition) is 2. The summed E-state index contributed by atoms with van der Waals surface area (Å²) >= 11 is 3.31. The highest BCUT2D eigenvalue weighted by Gasteiger charge is 2.19. The van der Waals surface area contributed by atoms with Gasteiger partial charge in [-0.2, -0.15) is 0 Å². The lowest BCUT2D eigenvalue weighted by Gasteiger charge is -2.20. The Balaban J connectivity index is 1.96. The maximum Gasteiger partial charge on any atom is 0.261 e. The van der Waals surface area contributed by atoms with Crippen LogP contribution >= 0.6 is 15.9 Å². The lowest BCUT2D eigenvalue weighted by molar-refractivity contribution is 0.601. The molecular weight excluding hydrogens is 350 g/mol. The second kappa shape index (κ2) is 5.81. The molecule has 0 fully saturated rings. The van der Waals surface area contributed by atoms with Crippen molar-refractivity contribution in [1.82, 2.24) is 0 Å². The summed E-state index contributed by atoms with van der Waals surface area (Å²) in [5, 5.41) is 0. The van der Waals surface area contributed by atoms with Gasteiger partial charge in [-0.1, -0.05) is 34.1 Å². The first-order chi connectivity index (χ1) is 10.1. The third-order valence-electron chi connectivity index (χ3n) is 3.75. The van der Waals surface area contributed by atoms with Crippen LogP contribution in [0, 0.1) is 0 Å². The van der Waals surface area contributed by atoms with Gasteiger partial charge in [-0.05, 0) is 61.1 Å². The van der Waals surface area contributed by atoms with E-state index >= 15 is 0 Å². The van der Waals surface area contributed by atoms with Crippen molar-refractivity contribution in [2.45, 2.75) is 30.6 Å². The van der Waals surface area contributed by atoms with Crippen molar-refractivity contribution in [3.63, 3.8) is 0 Å². The molecular formula is C16H16BrNO2S. The van der Waals surface area contributed by atoms with Gasteiger partial charge in [-0.25, -0.2) is 8.42 Å². The Morgan fingerprint density at radius 1 is 1.00 bits per heavy atom. The van der Waals surface area contributed by atoms with Crippen LogP contribution in [0.5, 0.6) is 0 Å². The van der Waals surface area contributed by atoms with Crippen LogP contribution in [0.2, 0.25) is 0 Å². The smallest absolute Gasteiger partial charge is 0.261 e. The van der Waals surface area contributed by atoms with Crippen LogP contribution in [0.15, 0.2) is 51.8 Å². The summed E-state index contributed by atoms with van der Waals surface area (Å²) in [4.78, 5) is 0.269. The number of nitrogens with one attached hydrogen (secondary N) is 1. The van der Waals surface area contributed by atoms with Crippen LogP contribution in [0.1, 0.15) is 24.0 Å². The minimum Gasteiger partial charge on any atom is -0.279 e. The highest BCUT2D eigenvalue weighted by atomic mass is 79.9. The van der Waals surface area contributed by atoms with Gasteiger partial charge in [0, 0.05) is 4.47 Å². The van der Waals surface area contributed by atoms with E-state index in [9.17, 15) is 8.42 Å². The summed E-state index contributed by atoms with van der Waals surface area (Å²) in [5.41, 5.74) is 3.12. The Morgan fingerprint density at radius 2 is 1.76 bits per heavy atom. The fraction of sp³-hybridized carbons (Fsp3) is 0.250. The van der Waals surface area contributed by atoms with Gasteiger partial charge in [0.2, 0.25) is 0 Å². The maximum absolute atomic E-state index is 12.5. The number of sulfonamides is 1. The van der Waals surface area contributed by atoms with Gasteiger partial charge in [0.05, 0.1) is 10.6 Å². The molecule has 0 aliphatic heterocycles. The predicted octanol–water partition coefficient (Wildman–Crippen LogP) is 4.13. The van der Waals surface area contributed by atoms with E-state index in [1.54, 1.807) is 18.2 Å². The summed E-state index contributed by atoms with van der Waals surface area (Å²) < 4.78 is 28.5. The van der Waals surface area contributed by atoms with E-state index in [4.69, 9.17) is 0 Å². The van der Waals surface area contributed by atoms with E-state index in [-0.39, 0.29) is 4.90 Å². The lowest BCUT2D eigenvalue weighted by Crippen LogP contribution is -2.16. The Labute approximate surface area is 133 Å². The fourth-order valence-electron chi connectivity index (χ4n) is 2.71. The second-order valence-electron chi connectivity index (χ2n) is 5.21. The topological polar surface area (TPSA) is 46.2 Å². The van der Waals surface area contributed by atoms with Crippen LogP contribution in [0.3, 0.4) is 0 Å². The molecule has 1 aliphatic rings. The molecule has 5 heteroatoms. The molecule has 0 bridgehead atoms. The third-order valence-corrected chi connectivity index (χ3v) is 5.60. The van der Waals surface area contributed by atoms with Crippen molar-refractivity contribution < 1.29 is 8.42 Å². The average molecular weight is 366 g/mol. The molecule has 0 atom stereocenters. The zero-order valence-electron chi connectivity index (χ0n) is 11.5. The third kappa shape index (κ3) is 3.14. The van der Waals surface area contributed by atoms with Crippen LogP contribution in [0.25, 0.3) is 0 Å². The lowest BCUT2D eigenvalue weighted by atomic mass is 9.91. The molecule has 0 aromatic heterocycles. The number of hydrogen-bond donors (Lipinski definition) is 1. The first-order valence-corrected chi connectivity index (χ1v) is 9.23. The summed E-state index contributed by atoms with van der Waals surface area (Å²) in [6.45, 7) is 0. The normalized spacial score (nSPS) is 14.5. The van der Waals surface area contributed by atoms with Crippen LogP contribution < -0.4 is 4.72 Å². The number of fused-ring (bicyclic) bond motifs is 1. The minimum absolute atomic E-state index is 0.269. The zero-order valence-corrected chi connectivity index (χ0v) is 13.9.